The molecule has 0 amide bonds. The fourth-order valence-corrected chi connectivity index (χ4v) is 2.51. The minimum absolute atomic E-state index is 0.0509. The number of hydrogen-bond donors (Lipinski definition) is 2. The Labute approximate surface area is 75.2 Å². The van der Waals surface area contributed by atoms with Gasteiger partial charge in [-0.15, -0.1) is 0 Å². The van der Waals surface area contributed by atoms with E-state index in [2.05, 4.69) is 9.71 Å². The highest BCUT2D eigenvalue weighted by molar-refractivity contribution is 7.89. The Kier molecular flexibility index (Phi) is 1.74. The molecule has 0 unspecified atom stereocenters. The summed E-state index contributed by atoms with van der Waals surface area (Å²) in [7, 11) is -3.47. The summed E-state index contributed by atoms with van der Waals surface area (Å²) in [4.78, 5) is 14.0. The molecule has 0 saturated carbocycles. The molecule has 0 radical (unpaired) electrons. The monoisotopic (exact) mass is 200 g/mol. The third kappa shape index (κ3) is 1.27. The van der Waals surface area contributed by atoms with Gasteiger partial charge in [-0.05, 0) is 0 Å². The number of fused-ring (bicyclic) bond motifs is 1. The Bertz CT molecular complexity index is 446. The van der Waals surface area contributed by atoms with Gasteiger partial charge in [-0.2, -0.15) is 0 Å². The van der Waals surface area contributed by atoms with E-state index in [0.717, 1.165) is 0 Å². The van der Waals surface area contributed by atoms with Crippen LogP contribution in [0.4, 0.5) is 0 Å². The van der Waals surface area contributed by atoms with E-state index in [1.165, 1.54) is 12.4 Å². The number of H-pyrrole nitrogens is 1. The van der Waals surface area contributed by atoms with Gasteiger partial charge in [0.25, 0.3) is 0 Å². The lowest BCUT2D eigenvalue weighted by Gasteiger charge is -1.98. The molecule has 2 N–H and O–H groups in total. The van der Waals surface area contributed by atoms with Gasteiger partial charge >= 0.3 is 0 Å². The molecule has 1 aliphatic rings. The van der Waals surface area contributed by atoms with Crippen LogP contribution in [0.2, 0.25) is 0 Å². The van der Waals surface area contributed by atoms with Crippen LogP contribution in [0.5, 0.6) is 0 Å². The van der Waals surface area contributed by atoms with Crippen LogP contribution in [0.1, 0.15) is 16.8 Å². The Balaban J connectivity index is 2.67. The number of Topliss-reactive ketones (excluding diaryl/α,β-unsaturated/α-hetero) is 1. The molecule has 0 spiro atoms. The van der Waals surface area contributed by atoms with Gasteiger partial charge in [-0.1, -0.05) is 0 Å². The number of sulfonamides is 1. The molecule has 1 aromatic heterocycles. The first kappa shape index (κ1) is 8.46. The number of carbonyl (C=O) groups excluding carboxylic acids is 1. The summed E-state index contributed by atoms with van der Waals surface area (Å²) in [6.45, 7) is 0.176. The van der Waals surface area contributed by atoms with Crippen molar-refractivity contribution in [2.45, 2.75) is 11.3 Å². The minimum atomic E-state index is -3.47. The summed E-state index contributed by atoms with van der Waals surface area (Å²) in [5, 5.41) is 0. The normalized spacial score (nSPS) is 20.8. The van der Waals surface area contributed by atoms with Crippen molar-refractivity contribution in [3.8, 4) is 0 Å². The summed E-state index contributed by atoms with van der Waals surface area (Å²) in [5.74, 6) is -0.148. The van der Waals surface area contributed by atoms with E-state index >= 15 is 0 Å². The third-order valence-electron chi connectivity index (χ3n) is 1.94. The van der Waals surface area contributed by atoms with Crippen molar-refractivity contribution >= 4 is 15.8 Å². The molecular formula is C7H8N2O3S. The van der Waals surface area contributed by atoms with Gasteiger partial charge in [-0.3, -0.25) is 4.79 Å². The van der Waals surface area contributed by atoms with Crippen LogP contribution in [0.3, 0.4) is 0 Å². The number of carbonyl (C=O) groups is 1. The summed E-state index contributed by atoms with van der Waals surface area (Å²) in [6, 6.07) is 0. The average molecular weight is 200 g/mol. The second-order valence-electron chi connectivity index (χ2n) is 2.80. The van der Waals surface area contributed by atoms with Crippen LogP contribution in [-0.4, -0.2) is 25.7 Å². The fourth-order valence-electron chi connectivity index (χ4n) is 1.30. The molecule has 0 aliphatic carbocycles. The van der Waals surface area contributed by atoms with Crippen LogP contribution >= 0.6 is 0 Å². The zero-order valence-corrected chi connectivity index (χ0v) is 7.52. The smallest absolute Gasteiger partial charge is 0.242 e. The maximum absolute atomic E-state index is 11.4. The molecular weight excluding hydrogens is 192 g/mol. The summed E-state index contributed by atoms with van der Waals surface area (Å²) in [5.41, 5.74) is 0.255. The molecule has 0 bridgehead atoms. The lowest BCUT2D eigenvalue weighted by molar-refractivity contribution is 0.0983. The molecule has 5 nitrogen and oxygen atoms in total. The number of rotatable bonds is 0. The van der Waals surface area contributed by atoms with E-state index in [1.807, 2.05) is 0 Å². The van der Waals surface area contributed by atoms with Crippen molar-refractivity contribution in [1.29, 1.82) is 0 Å². The highest BCUT2D eigenvalue weighted by Crippen LogP contribution is 2.18. The molecule has 70 valence electrons. The lowest BCUT2D eigenvalue weighted by atomic mass is 10.2. The number of aromatic nitrogens is 1. The number of nitrogens with one attached hydrogen (secondary N) is 2. The van der Waals surface area contributed by atoms with E-state index < -0.39 is 10.0 Å². The van der Waals surface area contributed by atoms with Crippen molar-refractivity contribution in [3.63, 3.8) is 0 Å². The molecule has 0 saturated heterocycles. The van der Waals surface area contributed by atoms with Crippen molar-refractivity contribution in [3.05, 3.63) is 18.0 Å². The molecule has 2 heterocycles. The molecule has 6 heteroatoms. The Morgan fingerprint density at radius 2 is 2.08 bits per heavy atom. The average Bonchev–Trinajstić information content (AvgIpc) is 2.48. The van der Waals surface area contributed by atoms with E-state index in [4.69, 9.17) is 0 Å². The van der Waals surface area contributed by atoms with Gasteiger partial charge in [0.15, 0.2) is 5.78 Å². The van der Waals surface area contributed by atoms with Crippen LogP contribution in [0.25, 0.3) is 0 Å². The lowest BCUT2D eigenvalue weighted by Crippen LogP contribution is -2.22. The second-order valence-corrected chi connectivity index (χ2v) is 4.54. The van der Waals surface area contributed by atoms with E-state index in [-0.39, 0.29) is 29.2 Å². The summed E-state index contributed by atoms with van der Waals surface area (Å²) >= 11 is 0. The first-order valence-corrected chi connectivity index (χ1v) is 5.29. The predicted octanol–water partition coefficient (Wildman–Crippen LogP) is -0.121. The fraction of sp³-hybridized carbons (Fsp3) is 0.286. The highest BCUT2D eigenvalue weighted by Gasteiger charge is 2.26. The van der Waals surface area contributed by atoms with E-state index in [1.54, 1.807) is 0 Å². The maximum Gasteiger partial charge on any atom is 0.242 e. The zero-order chi connectivity index (χ0) is 9.47. The van der Waals surface area contributed by atoms with Crippen LogP contribution in [-0.2, 0) is 10.0 Å². The van der Waals surface area contributed by atoms with Crippen molar-refractivity contribution in [1.82, 2.24) is 9.71 Å². The van der Waals surface area contributed by atoms with Gasteiger partial charge in [0, 0.05) is 25.4 Å². The second kappa shape index (κ2) is 2.68. The van der Waals surface area contributed by atoms with Gasteiger partial charge < -0.3 is 4.98 Å². The largest absolute Gasteiger partial charge is 0.366 e. The molecule has 0 fully saturated rings. The SMILES string of the molecule is O=C1CCNS(=O)(=O)c2c[nH]cc21. The quantitative estimate of drug-likeness (QED) is 0.612. The van der Waals surface area contributed by atoms with Crippen LogP contribution < -0.4 is 4.72 Å². The van der Waals surface area contributed by atoms with Crippen LogP contribution in [0.15, 0.2) is 17.3 Å². The van der Waals surface area contributed by atoms with Gasteiger partial charge in [0.05, 0.1) is 5.56 Å². The standard InChI is InChI=1S/C7H8N2O3S/c10-6-1-2-9-13(11,12)7-4-8-3-5(6)7/h3-4,8-9H,1-2H2. The van der Waals surface area contributed by atoms with Crippen LogP contribution in [0, 0.1) is 0 Å². The van der Waals surface area contributed by atoms with Crippen molar-refractivity contribution in [2.24, 2.45) is 0 Å². The zero-order valence-electron chi connectivity index (χ0n) is 6.70. The highest BCUT2D eigenvalue weighted by atomic mass is 32.2. The number of aromatic amines is 1. The van der Waals surface area contributed by atoms with Gasteiger partial charge in [0.1, 0.15) is 4.90 Å². The first-order chi connectivity index (χ1) is 6.11. The topological polar surface area (TPSA) is 79.0 Å². The minimum Gasteiger partial charge on any atom is -0.366 e. The predicted molar refractivity (Wildman–Crippen MR) is 44.9 cm³/mol. The Morgan fingerprint density at radius 3 is 2.85 bits per heavy atom. The maximum atomic E-state index is 11.4. The summed E-state index contributed by atoms with van der Waals surface area (Å²) < 4.78 is 25.2. The van der Waals surface area contributed by atoms with E-state index in [9.17, 15) is 13.2 Å². The number of hydrogen-bond acceptors (Lipinski definition) is 3. The molecule has 2 rings (SSSR count). The Hall–Kier alpha value is -1.14. The number of ketones is 1. The Morgan fingerprint density at radius 1 is 1.31 bits per heavy atom. The van der Waals surface area contributed by atoms with Gasteiger partial charge in [0.2, 0.25) is 10.0 Å². The molecule has 1 aromatic rings. The molecule has 0 aromatic carbocycles. The molecule has 0 atom stereocenters. The van der Waals surface area contributed by atoms with Crippen molar-refractivity contribution < 1.29 is 13.2 Å². The third-order valence-corrected chi connectivity index (χ3v) is 3.44. The van der Waals surface area contributed by atoms with E-state index in [0.29, 0.717) is 0 Å². The molecule has 1 aliphatic heterocycles. The van der Waals surface area contributed by atoms with Crippen molar-refractivity contribution in [2.75, 3.05) is 6.54 Å². The van der Waals surface area contributed by atoms with Gasteiger partial charge in [-0.25, -0.2) is 13.1 Å². The summed E-state index contributed by atoms with van der Waals surface area (Å²) in [6.07, 6.45) is 2.95. The first-order valence-electron chi connectivity index (χ1n) is 3.81. The molecule has 13 heavy (non-hydrogen) atoms.